The van der Waals surface area contributed by atoms with Gasteiger partial charge < -0.3 is 0 Å². The van der Waals surface area contributed by atoms with Crippen LogP contribution in [0.25, 0.3) is 0 Å². The van der Waals surface area contributed by atoms with Gasteiger partial charge in [0.15, 0.2) is 0 Å². The Morgan fingerprint density at radius 1 is 1.27 bits per heavy atom. The standard InChI is InChI=1S/C13H26O2/c1-4-6-10(3)11-7-8-12(9-11)13(5-2)15-14/h10-14H,4-9H2,1-3H3/t10?,11?,12?,13-/m0/s1. The molecule has 1 aliphatic carbocycles. The average Bonchev–Trinajstić information content (AvgIpc) is 2.69. The smallest absolute Gasteiger partial charge is 0.0952 e. The van der Waals surface area contributed by atoms with E-state index in [-0.39, 0.29) is 6.10 Å². The van der Waals surface area contributed by atoms with Crippen LogP contribution in [0.3, 0.4) is 0 Å². The summed E-state index contributed by atoms with van der Waals surface area (Å²) in [5, 5.41) is 8.81. The molecule has 0 aliphatic heterocycles. The van der Waals surface area contributed by atoms with Crippen molar-refractivity contribution in [2.24, 2.45) is 17.8 Å². The average molecular weight is 214 g/mol. The highest BCUT2D eigenvalue weighted by molar-refractivity contribution is 4.82. The van der Waals surface area contributed by atoms with Crippen LogP contribution in [0.4, 0.5) is 0 Å². The Labute approximate surface area is 93.9 Å². The largest absolute Gasteiger partial charge is 0.252 e. The molecule has 1 saturated carbocycles. The predicted octanol–water partition coefficient (Wildman–Crippen LogP) is 4.11. The lowest BCUT2D eigenvalue weighted by Gasteiger charge is -2.21. The van der Waals surface area contributed by atoms with E-state index in [2.05, 4.69) is 25.7 Å². The van der Waals surface area contributed by atoms with Gasteiger partial charge in [0.05, 0.1) is 6.10 Å². The van der Waals surface area contributed by atoms with Gasteiger partial charge in [-0.3, -0.25) is 5.26 Å². The molecule has 15 heavy (non-hydrogen) atoms. The monoisotopic (exact) mass is 214 g/mol. The number of rotatable bonds is 6. The first-order valence-corrected chi connectivity index (χ1v) is 6.53. The zero-order valence-electron chi connectivity index (χ0n) is 10.4. The molecule has 0 aromatic heterocycles. The normalized spacial score (nSPS) is 30.4. The third kappa shape index (κ3) is 3.46. The summed E-state index contributed by atoms with van der Waals surface area (Å²) in [6.45, 7) is 6.72. The van der Waals surface area contributed by atoms with Gasteiger partial charge in [-0.1, -0.05) is 33.6 Å². The van der Waals surface area contributed by atoms with E-state index in [1.165, 1.54) is 32.1 Å². The predicted molar refractivity (Wildman–Crippen MR) is 62.7 cm³/mol. The maximum Gasteiger partial charge on any atom is 0.0952 e. The molecular formula is C13H26O2. The molecule has 1 rings (SSSR count). The second kappa shape index (κ2) is 6.49. The molecule has 0 radical (unpaired) electrons. The highest BCUT2D eigenvalue weighted by Crippen LogP contribution is 2.40. The molecule has 0 amide bonds. The van der Waals surface area contributed by atoms with E-state index in [1.54, 1.807) is 0 Å². The molecule has 1 N–H and O–H groups in total. The van der Waals surface area contributed by atoms with Gasteiger partial charge in [-0.05, 0) is 43.4 Å². The first-order chi connectivity index (χ1) is 7.22. The molecule has 0 aromatic rings. The van der Waals surface area contributed by atoms with Crippen molar-refractivity contribution in [1.29, 1.82) is 0 Å². The van der Waals surface area contributed by atoms with E-state index in [0.29, 0.717) is 5.92 Å². The summed E-state index contributed by atoms with van der Waals surface area (Å²) < 4.78 is 0. The molecule has 2 heteroatoms. The maximum atomic E-state index is 8.81. The van der Waals surface area contributed by atoms with Crippen LogP contribution in [0.5, 0.6) is 0 Å². The van der Waals surface area contributed by atoms with Crippen LogP contribution in [-0.2, 0) is 4.89 Å². The molecule has 90 valence electrons. The van der Waals surface area contributed by atoms with Crippen molar-refractivity contribution < 1.29 is 10.1 Å². The fourth-order valence-electron chi connectivity index (χ4n) is 3.09. The van der Waals surface area contributed by atoms with Gasteiger partial charge in [-0.25, -0.2) is 4.89 Å². The molecule has 0 spiro atoms. The summed E-state index contributed by atoms with van der Waals surface area (Å²) in [7, 11) is 0. The lowest BCUT2D eigenvalue weighted by molar-refractivity contribution is -0.290. The Bertz CT molecular complexity index is 166. The molecule has 4 atom stereocenters. The minimum absolute atomic E-state index is 0.0730. The van der Waals surface area contributed by atoms with Gasteiger partial charge in [-0.15, -0.1) is 0 Å². The lowest BCUT2D eigenvalue weighted by atomic mass is 9.87. The molecule has 0 saturated heterocycles. The number of hydrogen-bond donors (Lipinski definition) is 1. The Balaban J connectivity index is 2.37. The zero-order chi connectivity index (χ0) is 11.3. The molecule has 1 aliphatic rings. The highest BCUT2D eigenvalue weighted by atomic mass is 17.1. The minimum Gasteiger partial charge on any atom is -0.252 e. The Kier molecular flexibility index (Phi) is 5.62. The molecule has 2 nitrogen and oxygen atoms in total. The van der Waals surface area contributed by atoms with Gasteiger partial charge in [0, 0.05) is 0 Å². The van der Waals surface area contributed by atoms with Crippen molar-refractivity contribution in [3.63, 3.8) is 0 Å². The topological polar surface area (TPSA) is 29.5 Å². The van der Waals surface area contributed by atoms with Crippen LogP contribution < -0.4 is 0 Å². The third-order valence-corrected chi connectivity index (χ3v) is 4.13. The van der Waals surface area contributed by atoms with Gasteiger partial charge >= 0.3 is 0 Å². The lowest BCUT2D eigenvalue weighted by Crippen LogP contribution is -2.20. The summed E-state index contributed by atoms with van der Waals surface area (Å²) in [5.41, 5.74) is 0. The molecular weight excluding hydrogens is 188 g/mol. The molecule has 0 bridgehead atoms. The Hall–Kier alpha value is -0.0800. The van der Waals surface area contributed by atoms with Crippen molar-refractivity contribution in [1.82, 2.24) is 0 Å². The maximum absolute atomic E-state index is 8.81. The van der Waals surface area contributed by atoms with Crippen LogP contribution in [0.1, 0.15) is 59.3 Å². The van der Waals surface area contributed by atoms with E-state index >= 15 is 0 Å². The van der Waals surface area contributed by atoms with Gasteiger partial charge in [-0.2, -0.15) is 0 Å². The fourth-order valence-corrected chi connectivity index (χ4v) is 3.09. The second-order valence-electron chi connectivity index (χ2n) is 5.15. The highest BCUT2D eigenvalue weighted by Gasteiger charge is 2.33. The summed E-state index contributed by atoms with van der Waals surface area (Å²) in [6.07, 6.45) is 7.44. The van der Waals surface area contributed by atoms with Crippen LogP contribution in [-0.4, -0.2) is 11.4 Å². The van der Waals surface area contributed by atoms with E-state index in [4.69, 9.17) is 5.26 Å². The second-order valence-corrected chi connectivity index (χ2v) is 5.15. The van der Waals surface area contributed by atoms with E-state index in [1.807, 2.05) is 0 Å². The molecule has 3 unspecified atom stereocenters. The first-order valence-electron chi connectivity index (χ1n) is 6.53. The summed E-state index contributed by atoms with van der Waals surface area (Å²) >= 11 is 0. The quantitative estimate of drug-likeness (QED) is 0.532. The first kappa shape index (κ1) is 13.0. The van der Waals surface area contributed by atoms with Crippen molar-refractivity contribution >= 4 is 0 Å². The van der Waals surface area contributed by atoms with Crippen LogP contribution >= 0.6 is 0 Å². The summed E-state index contributed by atoms with van der Waals surface area (Å²) in [6, 6.07) is 0. The van der Waals surface area contributed by atoms with E-state index in [0.717, 1.165) is 18.3 Å². The van der Waals surface area contributed by atoms with Gasteiger partial charge in [0.25, 0.3) is 0 Å². The van der Waals surface area contributed by atoms with Gasteiger partial charge in [0.2, 0.25) is 0 Å². The third-order valence-electron chi connectivity index (χ3n) is 4.13. The van der Waals surface area contributed by atoms with E-state index in [9.17, 15) is 0 Å². The molecule has 1 fully saturated rings. The minimum atomic E-state index is 0.0730. The zero-order valence-corrected chi connectivity index (χ0v) is 10.4. The molecule has 0 heterocycles. The van der Waals surface area contributed by atoms with Crippen LogP contribution in [0.2, 0.25) is 0 Å². The van der Waals surface area contributed by atoms with Crippen molar-refractivity contribution in [2.45, 2.75) is 65.4 Å². The Morgan fingerprint density at radius 3 is 2.47 bits per heavy atom. The van der Waals surface area contributed by atoms with Crippen LogP contribution in [0, 0.1) is 17.8 Å². The molecule has 0 aromatic carbocycles. The Morgan fingerprint density at radius 2 is 1.93 bits per heavy atom. The SMILES string of the molecule is CCCC(C)C1CCC([C@H](CC)OO)C1. The van der Waals surface area contributed by atoms with Gasteiger partial charge in [0.1, 0.15) is 0 Å². The van der Waals surface area contributed by atoms with Crippen molar-refractivity contribution in [3.05, 3.63) is 0 Å². The number of hydrogen-bond acceptors (Lipinski definition) is 2. The van der Waals surface area contributed by atoms with E-state index < -0.39 is 0 Å². The summed E-state index contributed by atoms with van der Waals surface area (Å²) in [5.74, 6) is 2.29. The summed E-state index contributed by atoms with van der Waals surface area (Å²) in [4.78, 5) is 4.57. The van der Waals surface area contributed by atoms with Crippen molar-refractivity contribution in [2.75, 3.05) is 0 Å². The van der Waals surface area contributed by atoms with Crippen molar-refractivity contribution in [3.8, 4) is 0 Å². The van der Waals surface area contributed by atoms with Crippen LogP contribution in [0.15, 0.2) is 0 Å². The fraction of sp³-hybridized carbons (Fsp3) is 1.00.